The average Bonchev–Trinajstić information content (AvgIpc) is 2.58. The number of rotatable bonds is 3. The van der Waals surface area contributed by atoms with Gasteiger partial charge in [0.05, 0.1) is 11.4 Å². The molecular weight excluding hydrogens is 419 g/mol. The molecule has 137 valence electrons. The first kappa shape index (κ1) is 22.5. The van der Waals surface area contributed by atoms with E-state index in [2.05, 4.69) is 9.44 Å². The van der Waals surface area contributed by atoms with Crippen LogP contribution in [0.1, 0.15) is 27.9 Å². The Labute approximate surface area is 204 Å². The minimum Gasteiger partial charge on any atom is -0.307 e. The van der Waals surface area contributed by atoms with E-state index >= 15 is 0 Å². The van der Waals surface area contributed by atoms with Crippen molar-refractivity contribution in [3.05, 3.63) is 64.2 Å². The molecule has 1 aliphatic heterocycles. The third-order valence-corrected chi connectivity index (χ3v) is 4.49. The van der Waals surface area contributed by atoms with Crippen molar-refractivity contribution in [3.63, 3.8) is 0 Å². The van der Waals surface area contributed by atoms with Crippen molar-refractivity contribution in [2.24, 2.45) is 5.16 Å². The molecule has 1 radical (unpaired) electrons. The summed E-state index contributed by atoms with van der Waals surface area (Å²) in [7, 11) is -4.71. The van der Waals surface area contributed by atoms with Crippen LogP contribution in [0.25, 0.3) is 0 Å². The van der Waals surface area contributed by atoms with Crippen LogP contribution in [0.2, 0.25) is 5.02 Å². The fourth-order valence-corrected chi connectivity index (χ4v) is 3.15. The zero-order valence-corrected chi connectivity index (χ0v) is 19.4. The topological polar surface area (TPSA) is 96.3 Å². The van der Waals surface area contributed by atoms with E-state index in [1.54, 1.807) is 35.2 Å². The molecule has 1 amide bonds. The molecule has 0 fully saturated rings. The number of nitrogens with zero attached hydrogens (tertiary/aromatic N) is 2. The van der Waals surface area contributed by atoms with Gasteiger partial charge in [-0.2, -0.15) is 8.42 Å². The monoisotopic (exact) mass is 433 g/mol. The molecule has 0 saturated heterocycles. The van der Waals surface area contributed by atoms with E-state index in [-0.39, 0.29) is 70.3 Å². The number of oxime groups is 1. The first-order chi connectivity index (χ1) is 12.3. The Kier molecular flexibility index (Phi) is 7.62. The number of anilines is 1. The van der Waals surface area contributed by atoms with E-state index in [0.29, 0.717) is 27.5 Å². The molecule has 0 aromatic heterocycles. The van der Waals surface area contributed by atoms with Crippen molar-refractivity contribution in [2.45, 2.75) is 13.3 Å². The molecule has 7 nitrogen and oxygen atoms in total. The molecule has 1 heterocycles. The maximum Gasteiger partial charge on any atom is 0.466 e. The van der Waals surface area contributed by atoms with Crippen LogP contribution in [0, 0.1) is 6.92 Å². The van der Waals surface area contributed by atoms with Crippen molar-refractivity contribution >= 4 is 90.7 Å². The summed E-state index contributed by atoms with van der Waals surface area (Å²) >= 11 is 6.08. The first-order valence-electron chi connectivity index (χ1n) is 7.66. The van der Waals surface area contributed by atoms with Crippen LogP contribution in [-0.2, 0) is 14.7 Å². The van der Waals surface area contributed by atoms with E-state index in [1.165, 1.54) is 0 Å². The van der Waals surface area contributed by atoms with Crippen molar-refractivity contribution in [2.75, 3.05) is 11.4 Å². The zero-order chi connectivity index (χ0) is 18.9. The molecule has 27 heavy (non-hydrogen) atoms. The molecule has 0 aliphatic carbocycles. The van der Waals surface area contributed by atoms with Crippen LogP contribution in [0.15, 0.2) is 47.6 Å². The van der Waals surface area contributed by atoms with Gasteiger partial charge in [-0.1, -0.05) is 35.0 Å². The van der Waals surface area contributed by atoms with Crippen molar-refractivity contribution < 1.29 is 22.0 Å². The van der Waals surface area contributed by atoms with Crippen molar-refractivity contribution in [1.82, 2.24) is 0 Å². The van der Waals surface area contributed by atoms with Gasteiger partial charge >= 0.3 is 10.4 Å². The molecule has 0 spiro atoms. The summed E-state index contributed by atoms with van der Waals surface area (Å²) in [6, 6.07) is 12.1. The summed E-state index contributed by atoms with van der Waals surface area (Å²) < 4.78 is 34.4. The standard InChI is InChI=1S/C17H15ClN2O5S.K/c1-11-4-2-3-5-13(11)17(21)20-9-8-15(19-25-26(22,23)24)14-7-6-12(18)10-16(14)20;/h2-7,10H,8-9H2,1H3,(H,22,23,24);/b19-15+;. The smallest absolute Gasteiger partial charge is 0.307 e. The molecule has 0 unspecified atom stereocenters. The zero-order valence-electron chi connectivity index (χ0n) is 14.7. The summed E-state index contributed by atoms with van der Waals surface area (Å²) in [6.45, 7) is 2.11. The van der Waals surface area contributed by atoms with E-state index in [9.17, 15) is 13.2 Å². The Bertz CT molecular complexity index is 1010. The van der Waals surface area contributed by atoms with Crippen LogP contribution in [0.4, 0.5) is 5.69 Å². The number of halogens is 1. The molecule has 3 rings (SSSR count). The Morgan fingerprint density at radius 1 is 1.26 bits per heavy atom. The summed E-state index contributed by atoms with van der Waals surface area (Å²) in [5.41, 5.74) is 2.70. The quantitative estimate of drug-likeness (QED) is 0.456. The molecule has 0 atom stereocenters. The average molecular weight is 434 g/mol. The van der Waals surface area contributed by atoms with Crippen molar-refractivity contribution in [1.29, 1.82) is 0 Å². The molecule has 2 aromatic carbocycles. The number of hydrogen-bond acceptors (Lipinski definition) is 5. The number of aryl methyl sites for hydroxylation is 1. The number of fused-ring (bicyclic) bond motifs is 1. The predicted octanol–water partition coefficient (Wildman–Crippen LogP) is 2.84. The Morgan fingerprint density at radius 2 is 1.96 bits per heavy atom. The maximum atomic E-state index is 13.0. The third kappa shape index (κ3) is 5.39. The van der Waals surface area contributed by atoms with Crippen molar-refractivity contribution in [3.8, 4) is 0 Å². The van der Waals surface area contributed by atoms with E-state index in [1.807, 2.05) is 19.1 Å². The Hall–Kier alpha value is -0.784. The molecule has 1 N–H and O–H groups in total. The van der Waals surface area contributed by atoms with Gasteiger partial charge in [-0.25, -0.2) is 4.28 Å². The van der Waals surface area contributed by atoms with Gasteiger partial charge < -0.3 is 4.90 Å². The van der Waals surface area contributed by atoms with Gasteiger partial charge in [-0.3, -0.25) is 9.35 Å². The van der Waals surface area contributed by atoms with Gasteiger partial charge in [0.1, 0.15) is 0 Å². The second-order valence-electron chi connectivity index (χ2n) is 5.72. The fourth-order valence-electron chi connectivity index (χ4n) is 2.80. The SMILES string of the molecule is Cc1ccccc1C(=O)N1CC/C(=N\OS(=O)(=O)O)c2ccc(Cl)cc21.[K]. The van der Waals surface area contributed by atoms with Gasteiger partial charge in [0, 0.05) is 80.5 Å². The molecule has 10 heteroatoms. The fraction of sp³-hybridized carbons (Fsp3) is 0.176. The second-order valence-corrected chi connectivity index (χ2v) is 7.16. The number of benzene rings is 2. The van der Waals surface area contributed by atoms with E-state index < -0.39 is 10.4 Å². The number of amides is 1. The third-order valence-electron chi connectivity index (χ3n) is 4.00. The van der Waals surface area contributed by atoms with E-state index in [0.717, 1.165) is 5.56 Å². The van der Waals surface area contributed by atoms with Gasteiger partial charge in [0.2, 0.25) is 0 Å². The van der Waals surface area contributed by atoms with Crippen LogP contribution < -0.4 is 4.90 Å². The summed E-state index contributed by atoms with van der Waals surface area (Å²) in [4.78, 5) is 14.6. The van der Waals surface area contributed by atoms with Gasteiger partial charge in [0.15, 0.2) is 0 Å². The predicted molar refractivity (Wildman–Crippen MR) is 104 cm³/mol. The van der Waals surface area contributed by atoms with Gasteiger partial charge in [-0.05, 0) is 36.8 Å². The Morgan fingerprint density at radius 3 is 2.63 bits per heavy atom. The largest absolute Gasteiger partial charge is 0.466 e. The summed E-state index contributed by atoms with van der Waals surface area (Å²) in [5, 5.41) is 3.93. The molecule has 0 bridgehead atoms. The summed E-state index contributed by atoms with van der Waals surface area (Å²) in [5.74, 6) is -0.193. The number of carbonyl (C=O) groups is 1. The minimum atomic E-state index is -4.71. The second kappa shape index (κ2) is 9.14. The van der Waals surface area contributed by atoms with Crippen LogP contribution >= 0.6 is 11.6 Å². The molecule has 0 saturated carbocycles. The number of carbonyl (C=O) groups excluding carboxylic acids is 1. The number of hydrogen-bond donors (Lipinski definition) is 1. The van der Waals surface area contributed by atoms with Gasteiger partial charge in [-0.15, -0.1) is 0 Å². The maximum absolute atomic E-state index is 13.0. The van der Waals surface area contributed by atoms with Gasteiger partial charge in [0.25, 0.3) is 5.91 Å². The van der Waals surface area contributed by atoms with Crippen LogP contribution in [0.5, 0.6) is 0 Å². The first-order valence-corrected chi connectivity index (χ1v) is 9.41. The molecule has 1 aliphatic rings. The summed E-state index contributed by atoms with van der Waals surface area (Å²) in [6.07, 6.45) is 0.252. The van der Waals surface area contributed by atoms with Crippen LogP contribution in [0.3, 0.4) is 0 Å². The van der Waals surface area contributed by atoms with Crippen LogP contribution in [-0.4, -0.2) is 82.5 Å². The normalized spacial score (nSPS) is 15.1. The Balaban J connectivity index is 0.00000261. The molecule has 2 aromatic rings. The molecular formula is C17H15ClKN2O5S. The van der Waals surface area contributed by atoms with E-state index in [4.69, 9.17) is 16.2 Å². The minimum absolute atomic E-state index is 0.